The molecule has 2 N–H and O–H groups in total. The second-order valence-corrected chi connectivity index (χ2v) is 5.21. The van der Waals surface area contributed by atoms with E-state index < -0.39 is 17.6 Å². The van der Waals surface area contributed by atoms with Gasteiger partial charge in [-0.25, -0.2) is 9.67 Å². The fourth-order valence-corrected chi connectivity index (χ4v) is 2.16. The molecule has 10 heteroatoms. The number of halogens is 3. The predicted octanol–water partition coefficient (Wildman–Crippen LogP) is 2.36. The molecule has 2 heterocycles. The minimum absolute atomic E-state index is 0.0463. The molecular weight excluding hydrogens is 351 g/mol. The number of carbonyl (C=O) groups is 1. The van der Waals surface area contributed by atoms with Crippen LogP contribution >= 0.6 is 0 Å². The third-order valence-corrected chi connectivity index (χ3v) is 3.36. The minimum Gasteiger partial charge on any atom is -0.487 e. The Kier molecular flexibility index (Phi) is 4.57. The van der Waals surface area contributed by atoms with Gasteiger partial charge in [-0.2, -0.15) is 13.2 Å². The Labute approximate surface area is 145 Å². The average Bonchev–Trinajstić information content (AvgIpc) is 3.08. The zero-order chi connectivity index (χ0) is 18.7. The van der Waals surface area contributed by atoms with E-state index in [-0.39, 0.29) is 23.7 Å². The van der Waals surface area contributed by atoms with Crippen molar-refractivity contribution in [3.8, 4) is 11.6 Å². The van der Waals surface area contributed by atoms with Crippen molar-refractivity contribution in [2.75, 3.05) is 0 Å². The minimum atomic E-state index is -4.45. The van der Waals surface area contributed by atoms with Crippen LogP contribution in [0.5, 0.6) is 5.75 Å². The van der Waals surface area contributed by atoms with Crippen LogP contribution in [0.15, 0.2) is 48.8 Å². The Morgan fingerprint density at radius 3 is 2.77 bits per heavy atom. The van der Waals surface area contributed by atoms with Crippen molar-refractivity contribution in [2.24, 2.45) is 5.73 Å². The fourth-order valence-electron chi connectivity index (χ4n) is 2.16. The first kappa shape index (κ1) is 17.4. The van der Waals surface area contributed by atoms with E-state index in [9.17, 15) is 18.0 Å². The van der Waals surface area contributed by atoms with Crippen molar-refractivity contribution in [2.45, 2.75) is 12.8 Å². The molecule has 7 nitrogen and oxygen atoms in total. The monoisotopic (exact) mass is 363 g/mol. The van der Waals surface area contributed by atoms with Gasteiger partial charge in [-0.3, -0.25) is 4.79 Å². The van der Waals surface area contributed by atoms with Crippen molar-refractivity contribution in [1.29, 1.82) is 0 Å². The molecule has 0 saturated carbocycles. The molecule has 0 saturated heterocycles. The number of hydrogen-bond donors (Lipinski definition) is 1. The summed E-state index contributed by atoms with van der Waals surface area (Å²) >= 11 is 0. The van der Waals surface area contributed by atoms with Crippen LogP contribution < -0.4 is 10.5 Å². The van der Waals surface area contributed by atoms with E-state index >= 15 is 0 Å². The second kappa shape index (κ2) is 6.82. The Morgan fingerprint density at radius 2 is 2.04 bits per heavy atom. The number of amides is 1. The van der Waals surface area contributed by atoms with Gasteiger partial charge in [0.1, 0.15) is 18.1 Å². The van der Waals surface area contributed by atoms with Crippen LogP contribution in [0.4, 0.5) is 13.2 Å². The fraction of sp³-hybridized carbons (Fsp3) is 0.125. The number of benzene rings is 1. The van der Waals surface area contributed by atoms with Gasteiger partial charge in [0.2, 0.25) is 0 Å². The maximum Gasteiger partial charge on any atom is 0.416 e. The summed E-state index contributed by atoms with van der Waals surface area (Å²) in [5.41, 5.74) is 4.97. The second-order valence-electron chi connectivity index (χ2n) is 5.21. The van der Waals surface area contributed by atoms with E-state index in [2.05, 4.69) is 15.3 Å². The van der Waals surface area contributed by atoms with E-state index in [0.717, 1.165) is 12.1 Å². The number of pyridine rings is 1. The van der Waals surface area contributed by atoms with Gasteiger partial charge in [0.05, 0.1) is 17.3 Å². The molecular formula is C16H12F3N5O2. The smallest absolute Gasteiger partial charge is 0.416 e. The van der Waals surface area contributed by atoms with Crippen molar-refractivity contribution >= 4 is 5.91 Å². The summed E-state index contributed by atoms with van der Waals surface area (Å²) in [4.78, 5) is 15.5. The summed E-state index contributed by atoms with van der Waals surface area (Å²) in [5.74, 6) is -0.437. The van der Waals surface area contributed by atoms with Crippen LogP contribution in [0.1, 0.15) is 21.6 Å². The molecule has 0 unspecified atom stereocenters. The maximum atomic E-state index is 12.7. The predicted molar refractivity (Wildman–Crippen MR) is 83.4 cm³/mol. The number of nitrogens with zero attached hydrogens (tertiary/aromatic N) is 4. The highest BCUT2D eigenvalue weighted by atomic mass is 19.4. The zero-order valence-electron chi connectivity index (χ0n) is 13.1. The molecule has 134 valence electrons. The van der Waals surface area contributed by atoms with Crippen molar-refractivity contribution in [3.63, 3.8) is 0 Å². The highest BCUT2D eigenvalue weighted by molar-refractivity contribution is 5.95. The first-order chi connectivity index (χ1) is 12.3. The quantitative estimate of drug-likeness (QED) is 0.751. The van der Waals surface area contributed by atoms with Gasteiger partial charge >= 0.3 is 6.18 Å². The average molecular weight is 363 g/mol. The number of alkyl halides is 3. The molecule has 1 aromatic carbocycles. The van der Waals surface area contributed by atoms with E-state index in [4.69, 9.17) is 10.5 Å². The number of rotatable bonds is 5. The first-order valence-electron chi connectivity index (χ1n) is 7.31. The van der Waals surface area contributed by atoms with Gasteiger partial charge in [0.15, 0.2) is 5.82 Å². The maximum absolute atomic E-state index is 12.7. The van der Waals surface area contributed by atoms with Crippen LogP contribution in [0.25, 0.3) is 5.82 Å². The number of hydrogen-bond acceptors (Lipinski definition) is 5. The Bertz CT molecular complexity index is 939. The SMILES string of the molecule is NC(=O)c1cccnc1-n1cc(COc2cccc(C(F)(F)F)c2)nn1. The van der Waals surface area contributed by atoms with Crippen molar-refractivity contribution in [3.05, 3.63) is 65.6 Å². The first-order valence-corrected chi connectivity index (χ1v) is 7.31. The third kappa shape index (κ3) is 3.79. The largest absolute Gasteiger partial charge is 0.487 e. The number of carbonyl (C=O) groups excluding carboxylic acids is 1. The lowest BCUT2D eigenvalue weighted by Gasteiger charge is -2.09. The molecule has 26 heavy (non-hydrogen) atoms. The molecule has 3 rings (SSSR count). The Balaban J connectivity index is 1.75. The van der Waals surface area contributed by atoms with E-state index in [0.29, 0.717) is 5.69 Å². The lowest BCUT2D eigenvalue weighted by molar-refractivity contribution is -0.137. The normalized spacial score (nSPS) is 11.3. The van der Waals surface area contributed by atoms with Gasteiger partial charge in [-0.1, -0.05) is 11.3 Å². The summed E-state index contributed by atoms with van der Waals surface area (Å²) in [5, 5.41) is 7.69. The Hall–Kier alpha value is -3.43. The highest BCUT2D eigenvalue weighted by Gasteiger charge is 2.30. The van der Waals surface area contributed by atoms with Gasteiger partial charge in [-0.05, 0) is 30.3 Å². The lowest BCUT2D eigenvalue weighted by Crippen LogP contribution is -2.16. The van der Waals surface area contributed by atoms with E-state index in [1.54, 1.807) is 6.07 Å². The molecule has 0 radical (unpaired) electrons. The van der Waals surface area contributed by atoms with Crippen LogP contribution in [-0.2, 0) is 12.8 Å². The van der Waals surface area contributed by atoms with Crippen molar-refractivity contribution < 1.29 is 22.7 Å². The highest BCUT2D eigenvalue weighted by Crippen LogP contribution is 2.31. The van der Waals surface area contributed by atoms with Crippen molar-refractivity contribution in [1.82, 2.24) is 20.0 Å². The topological polar surface area (TPSA) is 95.9 Å². The van der Waals surface area contributed by atoms with Crippen LogP contribution in [-0.4, -0.2) is 25.9 Å². The summed E-state index contributed by atoms with van der Waals surface area (Å²) in [6.45, 7) is -0.111. The standard InChI is InChI=1S/C16H12F3N5O2/c17-16(18,19)10-3-1-4-12(7-10)26-9-11-8-24(23-22-11)15-13(14(20)25)5-2-6-21-15/h1-8H,9H2,(H2,20,25). The van der Waals surface area contributed by atoms with Crippen LogP contribution in [0.2, 0.25) is 0 Å². The van der Waals surface area contributed by atoms with Gasteiger partial charge in [-0.15, -0.1) is 5.10 Å². The number of aromatic nitrogens is 4. The summed E-state index contributed by atoms with van der Waals surface area (Å²) in [7, 11) is 0. The van der Waals surface area contributed by atoms with E-state index in [1.165, 1.54) is 35.3 Å². The number of ether oxygens (including phenoxy) is 1. The molecule has 1 amide bonds. The zero-order valence-corrected chi connectivity index (χ0v) is 13.1. The van der Waals surface area contributed by atoms with Crippen LogP contribution in [0.3, 0.4) is 0 Å². The summed E-state index contributed by atoms with van der Waals surface area (Å²) < 4.78 is 44.7. The molecule has 2 aromatic heterocycles. The lowest BCUT2D eigenvalue weighted by atomic mass is 10.2. The summed E-state index contributed by atoms with van der Waals surface area (Å²) in [6, 6.07) is 7.55. The molecule has 0 atom stereocenters. The summed E-state index contributed by atoms with van der Waals surface area (Å²) in [6.07, 6.45) is -1.54. The van der Waals surface area contributed by atoms with Gasteiger partial charge in [0, 0.05) is 6.20 Å². The molecule has 0 bridgehead atoms. The van der Waals surface area contributed by atoms with Gasteiger partial charge in [0.25, 0.3) is 5.91 Å². The van der Waals surface area contributed by atoms with Gasteiger partial charge < -0.3 is 10.5 Å². The Morgan fingerprint density at radius 1 is 1.23 bits per heavy atom. The molecule has 0 aliphatic heterocycles. The third-order valence-electron chi connectivity index (χ3n) is 3.36. The molecule has 0 fully saturated rings. The van der Waals surface area contributed by atoms with E-state index in [1.807, 2.05) is 0 Å². The number of nitrogens with two attached hydrogens (primary N) is 1. The molecule has 0 spiro atoms. The molecule has 0 aliphatic carbocycles. The van der Waals surface area contributed by atoms with Crippen LogP contribution in [0, 0.1) is 0 Å². The molecule has 0 aliphatic rings. The number of primary amides is 1. The molecule has 3 aromatic rings.